The minimum Gasteiger partial charge on any atom is -0.435 e. The number of para-hydroxylation sites is 1. The summed E-state index contributed by atoms with van der Waals surface area (Å²) in [6.07, 6.45) is 0. The van der Waals surface area contributed by atoms with E-state index < -0.39 is 5.63 Å². The summed E-state index contributed by atoms with van der Waals surface area (Å²) < 4.78 is 11.2. The lowest BCUT2D eigenvalue weighted by atomic mass is 10.2. The van der Waals surface area contributed by atoms with Gasteiger partial charge in [-0.1, -0.05) is 12.1 Å². The summed E-state index contributed by atoms with van der Waals surface area (Å²) in [5, 5.41) is 0.741. The molecular formula is C18H14N2O3. The van der Waals surface area contributed by atoms with E-state index in [2.05, 4.69) is 4.98 Å². The summed E-state index contributed by atoms with van der Waals surface area (Å²) in [6, 6.07) is 15.1. The molecule has 5 heteroatoms. The van der Waals surface area contributed by atoms with Gasteiger partial charge in [-0.15, -0.1) is 0 Å². The number of hydrogen-bond donors (Lipinski definition) is 0. The molecule has 0 saturated carbocycles. The van der Waals surface area contributed by atoms with E-state index in [0.717, 1.165) is 16.6 Å². The molecule has 0 fully saturated rings. The SMILES string of the molecule is CN(C)c1ccc(-c2nc3c(=O)oc4ccccc4c3o2)cc1. The third-order valence-electron chi connectivity index (χ3n) is 3.79. The van der Waals surface area contributed by atoms with Crippen molar-refractivity contribution in [1.29, 1.82) is 0 Å². The van der Waals surface area contributed by atoms with Gasteiger partial charge in [0.2, 0.25) is 5.89 Å². The van der Waals surface area contributed by atoms with Crippen molar-refractivity contribution >= 4 is 27.8 Å². The highest BCUT2D eigenvalue weighted by Crippen LogP contribution is 2.28. The van der Waals surface area contributed by atoms with Crippen LogP contribution in [0.15, 0.2) is 62.2 Å². The number of aromatic nitrogens is 1. The highest BCUT2D eigenvalue weighted by atomic mass is 16.4. The minimum absolute atomic E-state index is 0.218. The Labute approximate surface area is 131 Å². The van der Waals surface area contributed by atoms with E-state index in [4.69, 9.17) is 8.83 Å². The quantitative estimate of drug-likeness (QED) is 0.529. The average Bonchev–Trinajstić information content (AvgIpc) is 3.01. The Morgan fingerprint density at radius 2 is 1.70 bits per heavy atom. The van der Waals surface area contributed by atoms with Crippen LogP contribution in [-0.4, -0.2) is 19.1 Å². The number of hydrogen-bond acceptors (Lipinski definition) is 5. The Bertz CT molecular complexity index is 1060. The molecule has 0 radical (unpaired) electrons. The Morgan fingerprint density at radius 3 is 2.43 bits per heavy atom. The molecule has 0 atom stereocenters. The van der Waals surface area contributed by atoms with Crippen molar-refractivity contribution in [3.8, 4) is 11.5 Å². The molecule has 0 aliphatic carbocycles. The molecular weight excluding hydrogens is 292 g/mol. The zero-order chi connectivity index (χ0) is 16.0. The van der Waals surface area contributed by atoms with Crippen molar-refractivity contribution in [2.24, 2.45) is 0 Å². The van der Waals surface area contributed by atoms with Crippen molar-refractivity contribution in [2.45, 2.75) is 0 Å². The summed E-state index contributed by atoms with van der Waals surface area (Å²) in [6.45, 7) is 0. The topological polar surface area (TPSA) is 59.5 Å². The van der Waals surface area contributed by atoms with Crippen LogP contribution in [0.25, 0.3) is 33.5 Å². The molecule has 0 aliphatic heterocycles. The first-order valence-corrected chi connectivity index (χ1v) is 7.23. The molecule has 114 valence electrons. The van der Waals surface area contributed by atoms with E-state index in [9.17, 15) is 4.79 Å². The molecule has 2 aromatic heterocycles. The predicted molar refractivity (Wildman–Crippen MR) is 89.8 cm³/mol. The number of rotatable bonds is 2. The molecule has 23 heavy (non-hydrogen) atoms. The number of nitrogens with zero attached hydrogens (tertiary/aromatic N) is 2. The fourth-order valence-corrected chi connectivity index (χ4v) is 2.56. The zero-order valence-corrected chi connectivity index (χ0v) is 12.7. The molecule has 5 nitrogen and oxygen atoms in total. The van der Waals surface area contributed by atoms with Gasteiger partial charge < -0.3 is 13.7 Å². The molecule has 4 rings (SSSR count). The molecule has 2 aromatic carbocycles. The van der Waals surface area contributed by atoms with Gasteiger partial charge >= 0.3 is 5.63 Å². The molecule has 0 aliphatic rings. The smallest absolute Gasteiger partial charge is 0.366 e. The lowest BCUT2D eigenvalue weighted by Gasteiger charge is -2.11. The van der Waals surface area contributed by atoms with Crippen LogP contribution >= 0.6 is 0 Å². The summed E-state index contributed by atoms with van der Waals surface area (Å²) in [5.74, 6) is 0.411. The third kappa shape index (κ3) is 2.17. The summed E-state index contributed by atoms with van der Waals surface area (Å²) in [5.41, 5.74) is 2.58. The van der Waals surface area contributed by atoms with Crippen LogP contribution in [0, 0.1) is 0 Å². The van der Waals surface area contributed by atoms with Crippen molar-refractivity contribution in [3.05, 3.63) is 59.0 Å². The minimum atomic E-state index is -0.487. The first-order valence-electron chi connectivity index (χ1n) is 7.23. The summed E-state index contributed by atoms with van der Waals surface area (Å²) in [7, 11) is 3.96. The predicted octanol–water partition coefficient (Wildman–Crippen LogP) is 3.67. The van der Waals surface area contributed by atoms with Crippen molar-refractivity contribution < 1.29 is 8.83 Å². The highest BCUT2D eigenvalue weighted by Gasteiger charge is 2.16. The Kier molecular flexibility index (Phi) is 2.94. The second kappa shape index (κ2) is 4.98. The fourth-order valence-electron chi connectivity index (χ4n) is 2.56. The molecule has 0 amide bonds. The van der Waals surface area contributed by atoms with Gasteiger partial charge in [0.05, 0.1) is 5.39 Å². The summed E-state index contributed by atoms with van der Waals surface area (Å²) >= 11 is 0. The fraction of sp³-hybridized carbons (Fsp3) is 0.111. The first kappa shape index (κ1) is 13.6. The van der Waals surface area contributed by atoms with E-state index in [1.54, 1.807) is 6.07 Å². The monoisotopic (exact) mass is 306 g/mol. The maximum absolute atomic E-state index is 12.1. The van der Waals surface area contributed by atoms with Crippen LogP contribution in [0.4, 0.5) is 5.69 Å². The molecule has 0 saturated heterocycles. The maximum atomic E-state index is 12.1. The molecule has 0 spiro atoms. The average molecular weight is 306 g/mol. The van der Waals surface area contributed by atoms with Crippen LogP contribution < -0.4 is 10.5 Å². The van der Waals surface area contributed by atoms with Crippen molar-refractivity contribution in [3.63, 3.8) is 0 Å². The molecule has 4 aromatic rings. The Morgan fingerprint density at radius 1 is 0.957 bits per heavy atom. The van der Waals surface area contributed by atoms with Gasteiger partial charge in [-0.3, -0.25) is 0 Å². The lowest BCUT2D eigenvalue weighted by molar-refractivity contribution is 0.565. The van der Waals surface area contributed by atoms with Crippen LogP contribution in [0.5, 0.6) is 0 Å². The van der Waals surface area contributed by atoms with E-state index in [1.165, 1.54) is 0 Å². The van der Waals surface area contributed by atoms with Gasteiger partial charge in [0.25, 0.3) is 0 Å². The van der Waals surface area contributed by atoms with E-state index in [-0.39, 0.29) is 5.52 Å². The normalized spacial score (nSPS) is 11.2. The Balaban J connectivity index is 1.93. The van der Waals surface area contributed by atoms with Crippen LogP contribution in [0.3, 0.4) is 0 Å². The van der Waals surface area contributed by atoms with Crippen molar-refractivity contribution in [1.82, 2.24) is 4.98 Å². The van der Waals surface area contributed by atoms with Gasteiger partial charge in [-0.2, -0.15) is 0 Å². The van der Waals surface area contributed by atoms with Gasteiger partial charge in [0, 0.05) is 25.3 Å². The molecule has 0 unspecified atom stereocenters. The largest absolute Gasteiger partial charge is 0.435 e. The Hall–Kier alpha value is -3.08. The summed E-state index contributed by atoms with van der Waals surface area (Å²) in [4.78, 5) is 18.4. The maximum Gasteiger partial charge on any atom is 0.366 e. The van der Waals surface area contributed by atoms with Crippen LogP contribution in [0.2, 0.25) is 0 Å². The highest BCUT2D eigenvalue weighted by molar-refractivity contribution is 5.99. The lowest BCUT2D eigenvalue weighted by Crippen LogP contribution is -2.07. The zero-order valence-electron chi connectivity index (χ0n) is 12.7. The van der Waals surface area contributed by atoms with Gasteiger partial charge in [0.15, 0.2) is 11.1 Å². The van der Waals surface area contributed by atoms with E-state index >= 15 is 0 Å². The second-order valence-electron chi connectivity index (χ2n) is 5.52. The van der Waals surface area contributed by atoms with Gasteiger partial charge in [-0.25, -0.2) is 9.78 Å². The number of oxazole rings is 1. The molecule has 2 heterocycles. The molecule has 0 N–H and O–H groups in total. The number of fused-ring (bicyclic) bond motifs is 3. The van der Waals surface area contributed by atoms with Gasteiger partial charge in [0.1, 0.15) is 5.58 Å². The van der Waals surface area contributed by atoms with E-state index in [1.807, 2.05) is 61.5 Å². The molecule has 0 bridgehead atoms. The first-order chi connectivity index (χ1) is 11.1. The standard InChI is InChI=1S/C18H14N2O3/c1-20(2)12-9-7-11(8-10-12)17-19-15-16(23-17)13-5-3-4-6-14(13)22-18(15)21/h3-10H,1-2H3. The van der Waals surface area contributed by atoms with Crippen LogP contribution in [0.1, 0.15) is 0 Å². The number of anilines is 1. The third-order valence-corrected chi connectivity index (χ3v) is 3.79. The van der Waals surface area contributed by atoms with Gasteiger partial charge in [-0.05, 0) is 36.4 Å². The second-order valence-corrected chi connectivity index (χ2v) is 5.52. The van der Waals surface area contributed by atoms with Crippen molar-refractivity contribution in [2.75, 3.05) is 19.0 Å². The van der Waals surface area contributed by atoms with Crippen LogP contribution in [-0.2, 0) is 0 Å². The van der Waals surface area contributed by atoms with E-state index in [0.29, 0.717) is 17.1 Å². The number of benzene rings is 2.